The Morgan fingerprint density at radius 2 is 2.28 bits per heavy atom. The van der Waals surface area contributed by atoms with Crippen LogP contribution in [0.5, 0.6) is 0 Å². The molecule has 0 fully saturated rings. The summed E-state index contributed by atoms with van der Waals surface area (Å²) in [4.78, 5) is 16.1. The zero-order chi connectivity index (χ0) is 12.8. The van der Waals surface area contributed by atoms with E-state index in [0.717, 1.165) is 17.0 Å². The zero-order valence-electron chi connectivity index (χ0n) is 9.76. The molecule has 2 aromatic rings. The molecule has 0 radical (unpaired) electrons. The van der Waals surface area contributed by atoms with Gasteiger partial charge in [-0.25, -0.2) is 4.98 Å². The van der Waals surface area contributed by atoms with E-state index in [4.69, 9.17) is 5.11 Å². The minimum atomic E-state index is -0.148. The number of thiophene rings is 1. The van der Waals surface area contributed by atoms with Gasteiger partial charge in [-0.15, -0.1) is 11.3 Å². The molecule has 2 rings (SSSR count). The fourth-order valence-electron chi connectivity index (χ4n) is 1.43. The number of aliphatic hydroxyl groups is 1. The van der Waals surface area contributed by atoms with Gasteiger partial charge in [-0.2, -0.15) is 11.3 Å². The van der Waals surface area contributed by atoms with Crippen LogP contribution in [0, 0.1) is 0 Å². The maximum Gasteiger partial charge on any atom is 0.270 e. The largest absolute Gasteiger partial charge is 0.396 e. The van der Waals surface area contributed by atoms with Crippen LogP contribution in [0.4, 0.5) is 0 Å². The average Bonchev–Trinajstić information content (AvgIpc) is 3.03. The first-order chi connectivity index (χ1) is 8.81. The SMILES string of the molecule is O=C(NCCCCO)c1csc(-c2ccsc2)n1. The average molecular weight is 282 g/mol. The van der Waals surface area contributed by atoms with Gasteiger partial charge in [-0.3, -0.25) is 4.79 Å². The lowest BCUT2D eigenvalue weighted by Gasteiger charge is -2.01. The second kappa shape index (κ2) is 6.63. The van der Waals surface area contributed by atoms with E-state index >= 15 is 0 Å². The Bertz CT molecular complexity index is 494. The highest BCUT2D eigenvalue weighted by molar-refractivity contribution is 7.14. The Morgan fingerprint density at radius 1 is 1.39 bits per heavy atom. The van der Waals surface area contributed by atoms with Crippen molar-refractivity contribution in [1.82, 2.24) is 10.3 Å². The van der Waals surface area contributed by atoms with Crippen molar-refractivity contribution in [1.29, 1.82) is 0 Å². The molecule has 18 heavy (non-hydrogen) atoms. The molecule has 2 N–H and O–H groups in total. The second-order valence-corrected chi connectivity index (χ2v) is 5.37. The molecule has 0 saturated carbocycles. The predicted molar refractivity (Wildman–Crippen MR) is 74.1 cm³/mol. The van der Waals surface area contributed by atoms with Gasteiger partial charge in [0.05, 0.1) is 0 Å². The molecule has 0 aliphatic carbocycles. The molecule has 0 aliphatic rings. The van der Waals surface area contributed by atoms with Crippen LogP contribution in [0.1, 0.15) is 23.3 Å². The zero-order valence-corrected chi connectivity index (χ0v) is 11.4. The van der Waals surface area contributed by atoms with Gasteiger partial charge in [-0.05, 0) is 24.3 Å². The van der Waals surface area contributed by atoms with Crippen molar-refractivity contribution >= 4 is 28.6 Å². The minimum Gasteiger partial charge on any atom is -0.396 e. The number of nitrogens with zero attached hydrogens (tertiary/aromatic N) is 1. The summed E-state index contributed by atoms with van der Waals surface area (Å²) in [6, 6.07) is 1.99. The first-order valence-electron chi connectivity index (χ1n) is 5.68. The molecule has 0 unspecified atom stereocenters. The van der Waals surface area contributed by atoms with Crippen LogP contribution in [-0.2, 0) is 0 Å². The maximum absolute atomic E-state index is 11.8. The quantitative estimate of drug-likeness (QED) is 0.800. The molecular formula is C12H14N2O2S2. The molecule has 0 aliphatic heterocycles. The third kappa shape index (κ3) is 3.38. The molecule has 0 aromatic carbocycles. The van der Waals surface area contributed by atoms with Gasteiger partial charge >= 0.3 is 0 Å². The maximum atomic E-state index is 11.8. The van der Waals surface area contributed by atoms with Gasteiger partial charge in [0.2, 0.25) is 0 Å². The summed E-state index contributed by atoms with van der Waals surface area (Å²) >= 11 is 3.09. The summed E-state index contributed by atoms with van der Waals surface area (Å²) in [5.74, 6) is -0.148. The van der Waals surface area contributed by atoms with Crippen LogP contribution >= 0.6 is 22.7 Å². The van der Waals surface area contributed by atoms with E-state index in [0.29, 0.717) is 18.7 Å². The Morgan fingerprint density at radius 3 is 3.00 bits per heavy atom. The molecule has 1 amide bonds. The highest BCUT2D eigenvalue weighted by Crippen LogP contribution is 2.25. The number of rotatable bonds is 6. The highest BCUT2D eigenvalue weighted by Gasteiger charge is 2.11. The lowest BCUT2D eigenvalue weighted by molar-refractivity contribution is 0.0948. The molecule has 2 heterocycles. The minimum absolute atomic E-state index is 0.148. The number of unbranched alkanes of at least 4 members (excludes halogenated alkanes) is 1. The number of hydrogen-bond acceptors (Lipinski definition) is 5. The van der Waals surface area contributed by atoms with Gasteiger partial charge in [0, 0.05) is 29.5 Å². The van der Waals surface area contributed by atoms with Crippen molar-refractivity contribution in [3.8, 4) is 10.6 Å². The number of carbonyl (C=O) groups excluding carboxylic acids is 1. The molecule has 6 heteroatoms. The topological polar surface area (TPSA) is 62.2 Å². The van der Waals surface area contributed by atoms with E-state index in [9.17, 15) is 4.79 Å². The summed E-state index contributed by atoms with van der Waals surface area (Å²) in [5.41, 5.74) is 1.52. The van der Waals surface area contributed by atoms with Gasteiger partial charge < -0.3 is 10.4 Å². The summed E-state index contributed by atoms with van der Waals surface area (Å²) in [5, 5.41) is 18.1. The summed E-state index contributed by atoms with van der Waals surface area (Å²) < 4.78 is 0. The number of hydrogen-bond donors (Lipinski definition) is 2. The molecule has 0 bridgehead atoms. The van der Waals surface area contributed by atoms with E-state index in [1.54, 1.807) is 16.7 Å². The number of thiazole rings is 1. The highest BCUT2D eigenvalue weighted by atomic mass is 32.1. The van der Waals surface area contributed by atoms with Crippen molar-refractivity contribution in [2.45, 2.75) is 12.8 Å². The van der Waals surface area contributed by atoms with Gasteiger partial charge in [0.25, 0.3) is 5.91 Å². The van der Waals surface area contributed by atoms with Crippen LogP contribution in [0.3, 0.4) is 0 Å². The normalized spacial score (nSPS) is 10.5. The van der Waals surface area contributed by atoms with Gasteiger partial charge in [-0.1, -0.05) is 0 Å². The monoisotopic (exact) mass is 282 g/mol. The number of aliphatic hydroxyl groups excluding tert-OH is 1. The van der Waals surface area contributed by atoms with E-state index in [1.165, 1.54) is 11.3 Å². The Kier molecular flexibility index (Phi) is 4.86. The number of carbonyl (C=O) groups is 1. The van der Waals surface area contributed by atoms with Crippen LogP contribution in [0.25, 0.3) is 10.6 Å². The van der Waals surface area contributed by atoms with Crippen LogP contribution < -0.4 is 5.32 Å². The number of aromatic nitrogens is 1. The van der Waals surface area contributed by atoms with Crippen molar-refractivity contribution in [2.75, 3.05) is 13.2 Å². The summed E-state index contributed by atoms with van der Waals surface area (Å²) in [6.45, 7) is 0.736. The number of nitrogens with one attached hydrogen (secondary N) is 1. The first kappa shape index (κ1) is 13.2. The van der Waals surface area contributed by atoms with Crippen LogP contribution in [0.15, 0.2) is 22.2 Å². The van der Waals surface area contributed by atoms with Crippen molar-refractivity contribution in [3.05, 3.63) is 27.9 Å². The fraction of sp³-hybridized carbons (Fsp3) is 0.333. The van der Waals surface area contributed by atoms with Crippen molar-refractivity contribution in [3.63, 3.8) is 0 Å². The Balaban J connectivity index is 1.91. The molecule has 0 saturated heterocycles. The van der Waals surface area contributed by atoms with Crippen molar-refractivity contribution in [2.24, 2.45) is 0 Å². The van der Waals surface area contributed by atoms with E-state index in [1.807, 2.05) is 16.8 Å². The molecular weight excluding hydrogens is 268 g/mol. The van der Waals surface area contributed by atoms with Gasteiger partial charge in [0.1, 0.15) is 10.7 Å². The van der Waals surface area contributed by atoms with E-state index < -0.39 is 0 Å². The summed E-state index contributed by atoms with van der Waals surface area (Å²) in [6.07, 6.45) is 1.49. The lowest BCUT2D eigenvalue weighted by Crippen LogP contribution is -2.24. The molecule has 0 atom stereocenters. The van der Waals surface area contributed by atoms with E-state index in [2.05, 4.69) is 10.3 Å². The molecule has 96 valence electrons. The lowest BCUT2D eigenvalue weighted by atomic mass is 10.3. The Hall–Kier alpha value is -1.24. The second-order valence-electron chi connectivity index (χ2n) is 3.74. The molecule has 2 aromatic heterocycles. The first-order valence-corrected chi connectivity index (χ1v) is 7.50. The smallest absolute Gasteiger partial charge is 0.270 e. The van der Waals surface area contributed by atoms with Crippen molar-refractivity contribution < 1.29 is 9.90 Å². The van der Waals surface area contributed by atoms with Gasteiger partial charge in [0.15, 0.2) is 0 Å². The summed E-state index contributed by atoms with van der Waals surface area (Å²) in [7, 11) is 0. The standard InChI is InChI=1S/C12H14N2O2S2/c15-5-2-1-4-13-11(16)10-8-18-12(14-10)9-3-6-17-7-9/h3,6-8,15H,1-2,4-5H2,(H,13,16). The number of amides is 1. The van der Waals surface area contributed by atoms with Crippen LogP contribution in [-0.4, -0.2) is 29.1 Å². The van der Waals surface area contributed by atoms with E-state index in [-0.39, 0.29) is 12.5 Å². The molecule has 0 spiro atoms. The predicted octanol–water partition coefficient (Wildman–Crippen LogP) is 2.37. The Labute approximate surface area is 113 Å². The van der Waals surface area contributed by atoms with Crippen LogP contribution in [0.2, 0.25) is 0 Å². The fourth-order valence-corrected chi connectivity index (χ4v) is 2.94. The molecule has 4 nitrogen and oxygen atoms in total. The third-order valence-electron chi connectivity index (χ3n) is 2.38. The third-order valence-corrected chi connectivity index (χ3v) is 3.95.